The summed E-state index contributed by atoms with van der Waals surface area (Å²) < 4.78 is 23.9. The van der Waals surface area contributed by atoms with Gasteiger partial charge in [0.15, 0.2) is 9.84 Å². The number of allylic oxidation sites excluding steroid dienone is 3. The number of fused-ring (bicyclic) bond motifs is 1. The lowest BCUT2D eigenvalue weighted by atomic mass is 9.91. The van der Waals surface area contributed by atoms with E-state index in [2.05, 4.69) is 25.3 Å². The van der Waals surface area contributed by atoms with E-state index in [4.69, 9.17) is 0 Å². The number of sulfone groups is 1. The van der Waals surface area contributed by atoms with Crippen LogP contribution in [0.1, 0.15) is 40.0 Å². The molecular weight excluding hydrogens is 526 g/mol. The van der Waals surface area contributed by atoms with Crippen LogP contribution in [0.5, 0.6) is 0 Å². The average Bonchev–Trinajstić information content (AvgIpc) is 3.17. The highest BCUT2D eigenvalue weighted by atomic mass is 32.2. The predicted molar refractivity (Wildman–Crippen MR) is 157 cm³/mol. The summed E-state index contributed by atoms with van der Waals surface area (Å²) in [5, 5.41) is 13.0. The number of rotatable bonds is 10. The first-order valence-corrected chi connectivity index (χ1v) is 15.3. The van der Waals surface area contributed by atoms with E-state index in [9.17, 15) is 23.1 Å². The van der Waals surface area contributed by atoms with Gasteiger partial charge in [-0.3, -0.25) is 9.59 Å². The van der Waals surface area contributed by atoms with E-state index in [1.54, 1.807) is 53.6 Å². The number of nitrogens with one attached hydrogen (secondary N) is 1. The summed E-state index contributed by atoms with van der Waals surface area (Å²) in [5.74, 6) is -1.46. The van der Waals surface area contributed by atoms with Crippen LogP contribution in [0.2, 0.25) is 0 Å². The van der Waals surface area contributed by atoms with E-state index in [-0.39, 0.29) is 10.8 Å². The molecule has 212 valence electrons. The second-order valence-electron chi connectivity index (χ2n) is 10.7. The van der Waals surface area contributed by atoms with E-state index < -0.39 is 39.8 Å². The third kappa shape index (κ3) is 6.60. The quantitative estimate of drug-likeness (QED) is 0.320. The standard InChI is InChI=1S/C31H37N3O5S/c1-21(2)9-8-10-22(3)13-20-28(35)27-19-18-26-29(31(37)33(30(26)36)24-11-6-5-7-12-24)34(27)32-23-14-16-25(17-15-23)40(4,38)39/h5-7,9,11-19,26-29,32,35H,8,10,20H2,1-4H3/b22-13+/t26-,27?,28-,29+/m1/s1. The Kier molecular flexibility index (Phi) is 9.08. The van der Waals surface area contributed by atoms with Crippen molar-refractivity contribution in [2.45, 2.75) is 63.1 Å². The van der Waals surface area contributed by atoms with Crippen LogP contribution in [0.25, 0.3) is 0 Å². The van der Waals surface area contributed by atoms with Crippen LogP contribution in [0.4, 0.5) is 11.4 Å². The highest BCUT2D eigenvalue weighted by Gasteiger charge is 2.53. The van der Waals surface area contributed by atoms with Gasteiger partial charge in [-0.2, -0.15) is 0 Å². The number of benzene rings is 2. The molecule has 1 unspecified atom stereocenters. The Bertz CT molecular complexity index is 1430. The number of para-hydroxylation sites is 1. The van der Waals surface area contributed by atoms with Gasteiger partial charge in [-0.1, -0.05) is 53.6 Å². The molecule has 2 aliphatic heterocycles. The second kappa shape index (κ2) is 12.3. The second-order valence-corrected chi connectivity index (χ2v) is 12.7. The maximum absolute atomic E-state index is 13.8. The molecule has 4 rings (SSSR count). The van der Waals surface area contributed by atoms with Gasteiger partial charge in [0, 0.05) is 11.9 Å². The Morgan fingerprint density at radius 3 is 2.27 bits per heavy atom. The van der Waals surface area contributed by atoms with Crippen molar-refractivity contribution in [1.29, 1.82) is 0 Å². The molecule has 4 atom stereocenters. The Balaban J connectivity index is 1.63. The summed E-state index contributed by atoms with van der Waals surface area (Å²) in [6.45, 7) is 6.17. The monoisotopic (exact) mass is 563 g/mol. The van der Waals surface area contributed by atoms with Crippen molar-refractivity contribution in [3.63, 3.8) is 0 Å². The fourth-order valence-electron chi connectivity index (χ4n) is 5.04. The smallest absolute Gasteiger partial charge is 0.254 e. The number of hydrazine groups is 1. The first-order valence-electron chi connectivity index (χ1n) is 13.4. The summed E-state index contributed by atoms with van der Waals surface area (Å²) in [6, 6.07) is 13.5. The van der Waals surface area contributed by atoms with E-state index in [1.807, 2.05) is 19.1 Å². The highest BCUT2D eigenvalue weighted by Crippen LogP contribution is 2.36. The largest absolute Gasteiger partial charge is 0.391 e. The Morgan fingerprint density at radius 1 is 0.975 bits per heavy atom. The number of carbonyl (C=O) groups is 2. The summed E-state index contributed by atoms with van der Waals surface area (Å²) >= 11 is 0. The summed E-state index contributed by atoms with van der Waals surface area (Å²) in [6.07, 6.45) is 10.1. The zero-order valence-corrected chi connectivity index (χ0v) is 24.1. The third-order valence-corrected chi connectivity index (χ3v) is 8.33. The van der Waals surface area contributed by atoms with Crippen LogP contribution in [0.15, 0.2) is 94.9 Å². The molecule has 1 saturated heterocycles. The molecule has 0 radical (unpaired) electrons. The fraction of sp³-hybridized carbons (Fsp3) is 0.355. The number of anilines is 2. The molecule has 2 aliphatic rings. The molecule has 2 aromatic carbocycles. The number of carbonyl (C=O) groups excluding carboxylic acids is 2. The van der Waals surface area contributed by atoms with Crippen molar-refractivity contribution in [1.82, 2.24) is 5.01 Å². The molecule has 2 aromatic rings. The van der Waals surface area contributed by atoms with Gasteiger partial charge >= 0.3 is 0 Å². The lowest BCUT2D eigenvalue weighted by Gasteiger charge is -2.40. The Hall–Kier alpha value is -3.53. The maximum atomic E-state index is 13.8. The lowest BCUT2D eigenvalue weighted by Crippen LogP contribution is -2.57. The van der Waals surface area contributed by atoms with Crippen molar-refractivity contribution < 1.29 is 23.1 Å². The van der Waals surface area contributed by atoms with Gasteiger partial charge in [-0.25, -0.2) is 18.3 Å². The third-order valence-electron chi connectivity index (χ3n) is 7.20. The molecule has 0 spiro atoms. The van der Waals surface area contributed by atoms with Crippen molar-refractivity contribution in [2.24, 2.45) is 5.92 Å². The topological polar surface area (TPSA) is 107 Å². The first kappa shape index (κ1) is 29.5. The van der Waals surface area contributed by atoms with Crippen LogP contribution in [-0.4, -0.2) is 54.8 Å². The number of nitrogens with zero attached hydrogens (tertiary/aromatic N) is 2. The fourth-order valence-corrected chi connectivity index (χ4v) is 5.67. The van der Waals surface area contributed by atoms with E-state index >= 15 is 0 Å². The molecule has 2 heterocycles. The minimum Gasteiger partial charge on any atom is -0.391 e. The maximum Gasteiger partial charge on any atom is 0.254 e. The van der Waals surface area contributed by atoms with Crippen LogP contribution in [-0.2, 0) is 19.4 Å². The molecule has 2 N–H and O–H groups in total. The predicted octanol–water partition coefficient (Wildman–Crippen LogP) is 4.66. The number of hydrogen-bond donors (Lipinski definition) is 2. The zero-order chi connectivity index (χ0) is 29.0. The van der Waals surface area contributed by atoms with E-state index in [1.165, 1.54) is 22.6 Å². The molecule has 0 saturated carbocycles. The number of aliphatic hydroxyl groups is 1. The first-order chi connectivity index (χ1) is 19.0. The summed E-state index contributed by atoms with van der Waals surface area (Å²) in [5.41, 5.74) is 6.67. The highest BCUT2D eigenvalue weighted by molar-refractivity contribution is 7.90. The number of aliphatic hydroxyl groups excluding tert-OH is 1. The van der Waals surface area contributed by atoms with Gasteiger partial charge in [-0.15, -0.1) is 0 Å². The number of amides is 2. The number of imide groups is 1. The molecule has 8 nitrogen and oxygen atoms in total. The minimum atomic E-state index is -3.38. The average molecular weight is 564 g/mol. The van der Waals surface area contributed by atoms with Crippen LogP contribution in [0.3, 0.4) is 0 Å². The number of hydrogen-bond acceptors (Lipinski definition) is 7. The van der Waals surface area contributed by atoms with Crippen LogP contribution < -0.4 is 10.3 Å². The minimum absolute atomic E-state index is 0.169. The zero-order valence-electron chi connectivity index (χ0n) is 23.3. The molecular formula is C31H37N3O5S. The molecule has 40 heavy (non-hydrogen) atoms. The van der Waals surface area contributed by atoms with Gasteiger partial charge in [0.25, 0.3) is 5.91 Å². The summed E-state index contributed by atoms with van der Waals surface area (Å²) in [7, 11) is -3.38. The normalized spacial score (nSPS) is 22.3. The molecule has 1 fully saturated rings. The van der Waals surface area contributed by atoms with Gasteiger partial charge in [-0.05, 0) is 76.4 Å². The molecule has 0 aromatic heterocycles. The van der Waals surface area contributed by atoms with Gasteiger partial charge in [0.2, 0.25) is 5.91 Å². The van der Waals surface area contributed by atoms with Crippen molar-refractivity contribution in [3.05, 3.63) is 90.0 Å². The van der Waals surface area contributed by atoms with Gasteiger partial charge < -0.3 is 10.5 Å². The van der Waals surface area contributed by atoms with E-state index in [0.717, 1.165) is 24.7 Å². The van der Waals surface area contributed by atoms with E-state index in [0.29, 0.717) is 17.8 Å². The molecule has 0 aliphatic carbocycles. The summed E-state index contributed by atoms with van der Waals surface area (Å²) in [4.78, 5) is 28.5. The Labute approximate surface area is 236 Å². The molecule has 0 bridgehead atoms. The van der Waals surface area contributed by atoms with Gasteiger partial charge in [0.05, 0.1) is 28.6 Å². The SMILES string of the molecule is CC(C)=CCC/C(C)=C/C[C@@H](O)C1C=C[C@H]2C(=O)N(c3ccccc3)C(=O)[C@H]2N1Nc1ccc(S(C)(=O)=O)cc1. The molecule has 2 amide bonds. The van der Waals surface area contributed by atoms with Gasteiger partial charge in [0.1, 0.15) is 6.04 Å². The lowest BCUT2D eigenvalue weighted by molar-refractivity contribution is -0.123. The Morgan fingerprint density at radius 2 is 1.65 bits per heavy atom. The van der Waals surface area contributed by atoms with Crippen LogP contribution >= 0.6 is 0 Å². The van der Waals surface area contributed by atoms with Crippen molar-refractivity contribution in [2.75, 3.05) is 16.6 Å². The molecule has 9 heteroatoms. The van der Waals surface area contributed by atoms with Crippen LogP contribution in [0, 0.1) is 5.92 Å². The van der Waals surface area contributed by atoms with Crippen molar-refractivity contribution >= 4 is 33.0 Å². The van der Waals surface area contributed by atoms with Crippen molar-refractivity contribution in [3.8, 4) is 0 Å².